The van der Waals surface area contributed by atoms with Crippen molar-refractivity contribution < 1.29 is 18.7 Å². The molecule has 0 aliphatic rings. The van der Waals surface area contributed by atoms with E-state index < -0.39 is 29.3 Å². The van der Waals surface area contributed by atoms with E-state index in [1.165, 1.54) is 0 Å². The molecule has 1 heterocycles. The first kappa shape index (κ1) is 12.5. The molecule has 2 N–H and O–H groups in total. The van der Waals surface area contributed by atoms with Gasteiger partial charge in [0.2, 0.25) is 5.95 Å². The maximum absolute atomic E-state index is 13.1. The molecule has 0 spiro atoms. The topological polar surface area (TPSA) is 62.2 Å². The Kier molecular flexibility index (Phi) is 4.30. The first-order chi connectivity index (χ1) is 7.56. The van der Waals surface area contributed by atoms with Crippen molar-refractivity contribution in [2.75, 3.05) is 6.54 Å². The second-order valence-corrected chi connectivity index (χ2v) is 3.24. The number of hydrogen-bond acceptors (Lipinski definition) is 3. The highest BCUT2D eigenvalue weighted by atomic mass is 19.2. The minimum atomic E-state index is -1.32. The molecular formula is C10H12F2N2O2. The van der Waals surface area contributed by atoms with Gasteiger partial charge in [0.15, 0.2) is 5.82 Å². The summed E-state index contributed by atoms with van der Waals surface area (Å²) in [4.78, 5) is 14.4. The average molecular weight is 230 g/mol. The summed E-state index contributed by atoms with van der Waals surface area (Å²) in [5.74, 6) is -3.37. The third-order valence-corrected chi connectivity index (χ3v) is 2.06. The summed E-state index contributed by atoms with van der Waals surface area (Å²) in [5.41, 5.74) is -0.421. The molecule has 1 rings (SSSR count). The lowest BCUT2D eigenvalue weighted by Crippen LogP contribution is -2.32. The van der Waals surface area contributed by atoms with Crippen LogP contribution in [0.5, 0.6) is 0 Å². The van der Waals surface area contributed by atoms with Crippen molar-refractivity contribution in [3.8, 4) is 0 Å². The van der Waals surface area contributed by atoms with E-state index in [2.05, 4.69) is 10.3 Å². The lowest BCUT2D eigenvalue weighted by Gasteiger charge is -2.09. The van der Waals surface area contributed by atoms with Gasteiger partial charge in [-0.2, -0.15) is 4.39 Å². The number of aliphatic hydroxyl groups excluding tert-OH is 1. The molecule has 0 aromatic carbocycles. The summed E-state index contributed by atoms with van der Waals surface area (Å²) >= 11 is 0. The van der Waals surface area contributed by atoms with E-state index in [9.17, 15) is 18.7 Å². The molecule has 0 aliphatic carbocycles. The van der Waals surface area contributed by atoms with Gasteiger partial charge in [-0.25, -0.2) is 9.37 Å². The molecule has 88 valence electrons. The number of rotatable bonds is 4. The van der Waals surface area contributed by atoms with Crippen LogP contribution in [0.4, 0.5) is 8.78 Å². The summed E-state index contributed by atoms with van der Waals surface area (Å²) in [5, 5.41) is 11.5. The predicted octanol–water partition coefficient (Wildman–Crippen LogP) is 0.861. The van der Waals surface area contributed by atoms with Gasteiger partial charge in [0.25, 0.3) is 5.91 Å². The van der Waals surface area contributed by atoms with Gasteiger partial charge in [0, 0.05) is 12.7 Å². The maximum Gasteiger partial charge on any atom is 0.254 e. The number of aliphatic hydroxyl groups is 1. The molecule has 0 saturated heterocycles. The van der Waals surface area contributed by atoms with Crippen LogP contribution in [-0.4, -0.2) is 28.6 Å². The van der Waals surface area contributed by atoms with Crippen LogP contribution in [0, 0.1) is 11.8 Å². The molecule has 16 heavy (non-hydrogen) atoms. The molecule has 0 bridgehead atoms. The van der Waals surface area contributed by atoms with Crippen LogP contribution in [0.15, 0.2) is 12.3 Å². The van der Waals surface area contributed by atoms with Crippen LogP contribution in [0.3, 0.4) is 0 Å². The highest BCUT2D eigenvalue weighted by Gasteiger charge is 2.16. The fraction of sp³-hybridized carbons (Fsp3) is 0.400. The van der Waals surface area contributed by atoms with E-state index in [1.54, 1.807) is 6.92 Å². The normalized spacial score (nSPS) is 12.2. The Labute approximate surface area is 91.3 Å². The molecule has 1 aromatic heterocycles. The van der Waals surface area contributed by atoms with Crippen LogP contribution < -0.4 is 5.32 Å². The van der Waals surface area contributed by atoms with Crippen LogP contribution in [-0.2, 0) is 0 Å². The summed E-state index contributed by atoms with van der Waals surface area (Å²) in [6, 6.07) is 1.08. The summed E-state index contributed by atoms with van der Waals surface area (Å²) in [6.07, 6.45) is 0.774. The van der Waals surface area contributed by atoms with Crippen molar-refractivity contribution in [1.29, 1.82) is 0 Å². The molecule has 0 radical (unpaired) electrons. The van der Waals surface area contributed by atoms with Gasteiger partial charge in [-0.1, -0.05) is 6.92 Å². The summed E-state index contributed by atoms with van der Waals surface area (Å²) in [6.45, 7) is 1.74. The first-order valence-electron chi connectivity index (χ1n) is 4.82. The number of amides is 1. The molecule has 0 fully saturated rings. The zero-order valence-corrected chi connectivity index (χ0v) is 8.70. The number of carbonyl (C=O) groups is 1. The van der Waals surface area contributed by atoms with Crippen molar-refractivity contribution >= 4 is 5.91 Å². The molecule has 4 nitrogen and oxygen atoms in total. The van der Waals surface area contributed by atoms with Crippen molar-refractivity contribution in [3.63, 3.8) is 0 Å². The Balaban J connectivity index is 2.70. The minimum absolute atomic E-state index is 0.00127. The number of carbonyl (C=O) groups excluding carboxylic acids is 1. The molecule has 1 aromatic rings. The largest absolute Gasteiger partial charge is 0.391 e. The summed E-state index contributed by atoms with van der Waals surface area (Å²) < 4.78 is 25.8. The quantitative estimate of drug-likeness (QED) is 0.754. The maximum atomic E-state index is 13.1. The molecule has 1 unspecified atom stereocenters. The Morgan fingerprint density at radius 2 is 2.31 bits per heavy atom. The Morgan fingerprint density at radius 1 is 1.62 bits per heavy atom. The van der Waals surface area contributed by atoms with Crippen molar-refractivity contribution in [3.05, 3.63) is 29.6 Å². The van der Waals surface area contributed by atoms with Gasteiger partial charge < -0.3 is 10.4 Å². The number of pyridine rings is 1. The second-order valence-electron chi connectivity index (χ2n) is 3.24. The highest BCUT2D eigenvalue weighted by Crippen LogP contribution is 2.08. The number of halogens is 2. The van der Waals surface area contributed by atoms with E-state index >= 15 is 0 Å². The van der Waals surface area contributed by atoms with E-state index in [-0.39, 0.29) is 6.54 Å². The average Bonchev–Trinajstić information content (AvgIpc) is 2.29. The molecular weight excluding hydrogens is 218 g/mol. The van der Waals surface area contributed by atoms with Crippen molar-refractivity contribution in [2.45, 2.75) is 19.4 Å². The molecule has 0 saturated carbocycles. The molecule has 0 aliphatic heterocycles. The standard InChI is InChI=1S/C10H12F2N2O2/c1-2-6(15)5-14-10(16)7-3-4-13-9(12)8(7)11/h3-4,6,15H,2,5H2,1H3,(H,14,16). The number of nitrogens with one attached hydrogen (secondary N) is 1. The number of hydrogen-bond donors (Lipinski definition) is 2. The van der Waals surface area contributed by atoms with Crippen molar-refractivity contribution in [2.24, 2.45) is 0 Å². The SMILES string of the molecule is CCC(O)CNC(=O)c1ccnc(F)c1F. The zero-order valence-electron chi connectivity index (χ0n) is 8.70. The fourth-order valence-corrected chi connectivity index (χ4v) is 1.04. The van der Waals surface area contributed by atoms with Crippen molar-refractivity contribution in [1.82, 2.24) is 10.3 Å². The lowest BCUT2D eigenvalue weighted by molar-refractivity contribution is 0.0908. The first-order valence-corrected chi connectivity index (χ1v) is 4.82. The molecule has 6 heteroatoms. The van der Waals surface area contributed by atoms with Gasteiger partial charge in [-0.3, -0.25) is 4.79 Å². The minimum Gasteiger partial charge on any atom is -0.391 e. The van der Waals surface area contributed by atoms with Gasteiger partial charge in [0.05, 0.1) is 11.7 Å². The monoisotopic (exact) mass is 230 g/mol. The number of nitrogens with zero attached hydrogens (tertiary/aromatic N) is 1. The Bertz CT molecular complexity index is 385. The third-order valence-electron chi connectivity index (χ3n) is 2.06. The van der Waals surface area contributed by atoms with Crippen LogP contribution >= 0.6 is 0 Å². The van der Waals surface area contributed by atoms with Crippen LogP contribution in [0.25, 0.3) is 0 Å². The lowest BCUT2D eigenvalue weighted by atomic mass is 10.2. The summed E-state index contributed by atoms with van der Waals surface area (Å²) in [7, 11) is 0. The third kappa shape index (κ3) is 2.96. The van der Waals surface area contributed by atoms with Crippen LogP contribution in [0.1, 0.15) is 23.7 Å². The molecule has 1 atom stereocenters. The van der Waals surface area contributed by atoms with Crippen LogP contribution in [0.2, 0.25) is 0 Å². The second kappa shape index (κ2) is 5.50. The Hall–Kier alpha value is -1.56. The van der Waals surface area contributed by atoms with Gasteiger partial charge in [-0.05, 0) is 12.5 Å². The van der Waals surface area contributed by atoms with Gasteiger partial charge >= 0.3 is 0 Å². The predicted molar refractivity (Wildman–Crippen MR) is 52.8 cm³/mol. The fourth-order valence-electron chi connectivity index (χ4n) is 1.04. The van der Waals surface area contributed by atoms with Gasteiger partial charge in [-0.15, -0.1) is 0 Å². The van der Waals surface area contributed by atoms with E-state index in [0.717, 1.165) is 12.3 Å². The zero-order chi connectivity index (χ0) is 12.1. The van der Waals surface area contributed by atoms with E-state index in [1.807, 2.05) is 0 Å². The van der Waals surface area contributed by atoms with E-state index in [0.29, 0.717) is 6.42 Å². The van der Waals surface area contributed by atoms with E-state index in [4.69, 9.17) is 0 Å². The van der Waals surface area contributed by atoms with Gasteiger partial charge in [0.1, 0.15) is 0 Å². The number of aromatic nitrogens is 1. The highest BCUT2D eigenvalue weighted by molar-refractivity contribution is 5.94. The molecule has 1 amide bonds. The smallest absolute Gasteiger partial charge is 0.254 e. The Morgan fingerprint density at radius 3 is 2.94 bits per heavy atom.